The van der Waals surface area contributed by atoms with Crippen LogP contribution >= 0.6 is 0 Å². The molecule has 0 aliphatic heterocycles. The molecule has 0 amide bonds. The Bertz CT molecular complexity index is 605. The highest BCUT2D eigenvalue weighted by Gasteiger charge is 2.13. The van der Waals surface area contributed by atoms with Gasteiger partial charge in [0.2, 0.25) is 0 Å². The zero-order valence-corrected chi connectivity index (χ0v) is 15.3. The molecule has 0 saturated heterocycles. The lowest BCUT2D eigenvalue weighted by molar-refractivity contribution is 0.223. The molecule has 0 fully saturated rings. The summed E-state index contributed by atoms with van der Waals surface area (Å²) in [5.74, 6) is 2.15. The molecular formula is C21H29NO2. The fraction of sp³-hybridized carbons (Fsp3) is 0.429. The van der Waals surface area contributed by atoms with Crippen molar-refractivity contribution < 1.29 is 9.47 Å². The monoisotopic (exact) mass is 327 g/mol. The molecule has 2 rings (SSSR count). The first kappa shape index (κ1) is 18.3. The van der Waals surface area contributed by atoms with Crippen LogP contribution in [-0.2, 0) is 0 Å². The van der Waals surface area contributed by atoms with Gasteiger partial charge in [-0.1, -0.05) is 51.1 Å². The lowest BCUT2D eigenvalue weighted by Crippen LogP contribution is -2.27. The molecule has 0 spiro atoms. The molecule has 130 valence electrons. The molecule has 0 aromatic heterocycles. The van der Waals surface area contributed by atoms with Crippen molar-refractivity contribution in [2.75, 3.05) is 33.4 Å². The van der Waals surface area contributed by atoms with Gasteiger partial charge in [-0.15, -0.1) is 0 Å². The molecule has 3 heteroatoms. The number of ether oxygens (including phenoxy) is 2. The van der Waals surface area contributed by atoms with Crippen LogP contribution in [0.25, 0.3) is 0 Å². The summed E-state index contributed by atoms with van der Waals surface area (Å²) < 4.78 is 11.3. The lowest BCUT2D eigenvalue weighted by atomic mass is 9.92. The molecule has 1 unspecified atom stereocenters. The van der Waals surface area contributed by atoms with Crippen LogP contribution in [0.1, 0.15) is 37.8 Å². The maximum Gasteiger partial charge on any atom is 0.122 e. The van der Waals surface area contributed by atoms with Gasteiger partial charge in [-0.25, -0.2) is 0 Å². The van der Waals surface area contributed by atoms with E-state index < -0.39 is 0 Å². The first-order valence-corrected chi connectivity index (χ1v) is 8.77. The van der Waals surface area contributed by atoms with Gasteiger partial charge in [-0.3, -0.25) is 0 Å². The summed E-state index contributed by atoms with van der Waals surface area (Å²) in [4.78, 5) is 2.36. The molecule has 0 radical (unpaired) electrons. The molecular weight excluding hydrogens is 298 g/mol. The van der Waals surface area contributed by atoms with Crippen molar-refractivity contribution in [2.24, 2.45) is 0 Å². The second kappa shape index (κ2) is 9.33. The summed E-state index contributed by atoms with van der Waals surface area (Å²) in [7, 11) is 1.72. The molecule has 0 saturated carbocycles. The summed E-state index contributed by atoms with van der Waals surface area (Å²) in [6.45, 7) is 10.4. The van der Waals surface area contributed by atoms with E-state index in [1.165, 1.54) is 11.1 Å². The zero-order valence-electron chi connectivity index (χ0n) is 15.3. The number of benzene rings is 2. The van der Waals surface area contributed by atoms with Gasteiger partial charge in [-0.2, -0.15) is 0 Å². The Morgan fingerprint density at radius 2 is 1.62 bits per heavy atom. The van der Waals surface area contributed by atoms with Crippen LogP contribution in [-0.4, -0.2) is 38.3 Å². The van der Waals surface area contributed by atoms with Gasteiger partial charge in [-0.05, 0) is 36.9 Å². The van der Waals surface area contributed by atoms with Gasteiger partial charge in [0.25, 0.3) is 0 Å². The van der Waals surface area contributed by atoms with Crippen molar-refractivity contribution in [1.29, 1.82) is 0 Å². The molecule has 1 atom stereocenters. The van der Waals surface area contributed by atoms with Crippen molar-refractivity contribution >= 4 is 0 Å². The van der Waals surface area contributed by atoms with E-state index in [1.54, 1.807) is 7.11 Å². The zero-order chi connectivity index (χ0) is 17.4. The summed E-state index contributed by atoms with van der Waals surface area (Å²) in [6.07, 6.45) is 0. The van der Waals surface area contributed by atoms with Crippen molar-refractivity contribution in [3.05, 3.63) is 59.7 Å². The Kier molecular flexibility index (Phi) is 7.13. The first-order valence-electron chi connectivity index (χ1n) is 8.77. The normalized spacial score (nSPS) is 12.2. The number of hydrogen-bond acceptors (Lipinski definition) is 3. The predicted octanol–water partition coefficient (Wildman–Crippen LogP) is 4.57. The third-order valence-corrected chi connectivity index (χ3v) is 4.56. The standard InChI is InChI=1S/C21H29NO2/c1-5-22(6-2)15-16-24-19-13-11-18(12-14-19)17(3)20-9-7-8-10-21(20)23-4/h7-14,17H,5-6,15-16H2,1-4H3. The van der Waals surface area contributed by atoms with Crippen LogP contribution in [0.2, 0.25) is 0 Å². The summed E-state index contributed by atoms with van der Waals surface area (Å²) in [5, 5.41) is 0. The first-order chi connectivity index (χ1) is 11.7. The minimum atomic E-state index is 0.283. The van der Waals surface area contributed by atoms with Gasteiger partial charge in [0.15, 0.2) is 0 Å². The lowest BCUT2D eigenvalue weighted by Gasteiger charge is -2.18. The quantitative estimate of drug-likeness (QED) is 0.673. The number of rotatable bonds is 9. The fourth-order valence-corrected chi connectivity index (χ4v) is 2.89. The largest absolute Gasteiger partial charge is 0.496 e. The molecule has 3 nitrogen and oxygen atoms in total. The summed E-state index contributed by atoms with van der Waals surface area (Å²) >= 11 is 0. The molecule has 0 aliphatic rings. The number of methoxy groups -OCH3 is 1. The smallest absolute Gasteiger partial charge is 0.122 e. The Morgan fingerprint density at radius 3 is 2.25 bits per heavy atom. The summed E-state index contributed by atoms with van der Waals surface area (Å²) in [5.41, 5.74) is 2.46. The van der Waals surface area contributed by atoms with E-state index in [2.05, 4.69) is 62.1 Å². The van der Waals surface area contributed by atoms with Gasteiger partial charge in [0.05, 0.1) is 7.11 Å². The van der Waals surface area contributed by atoms with E-state index in [-0.39, 0.29) is 5.92 Å². The highest BCUT2D eigenvalue weighted by atomic mass is 16.5. The van der Waals surface area contributed by atoms with Crippen LogP contribution in [0.4, 0.5) is 0 Å². The van der Waals surface area contributed by atoms with E-state index in [4.69, 9.17) is 9.47 Å². The molecule has 0 aliphatic carbocycles. The van der Waals surface area contributed by atoms with E-state index in [9.17, 15) is 0 Å². The van der Waals surface area contributed by atoms with Gasteiger partial charge in [0.1, 0.15) is 18.1 Å². The van der Waals surface area contributed by atoms with E-state index in [0.717, 1.165) is 37.7 Å². The Labute approximate surface area is 146 Å². The highest BCUT2D eigenvalue weighted by Crippen LogP contribution is 2.31. The van der Waals surface area contributed by atoms with Crippen LogP contribution in [0, 0.1) is 0 Å². The Morgan fingerprint density at radius 1 is 0.958 bits per heavy atom. The van der Waals surface area contributed by atoms with Crippen molar-refractivity contribution in [3.63, 3.8) is 0 Å². The van der Waals surface area contributed by atoms with Crippen molar-refractivity contribution in [1.82, 2.24) is 4.90 Å². The second-order valence-corrected chi connectivity index (χ2v) is 5.91. The number of hydrogen-bond donors (Lipinski definition) is 0. The number of nitrogens with zero attached hydrogens (tertiary/aromatic N) is 1. The van der Waals surface area contributed by atoms with E-state index in [1.807, 2.05) is 12.1 Å². The molecule has 0 N–H and O–H groups in total. The minimum absolute atomic E-state index is 0.283. The van der Waals surface area contributed by atoms with Crippen LogP contribution in [0.5, 0.6) is 11.5 Å². The van der Waals surface area contributed by atoms with Crippen LogP contribution in [0.3, 0.4) is 0 Å². The molecule has 2 aromatic rings. The van der Waals surface area contributed by atoms with Gasteiger partial charge >= 0.3 is 0 Å². The Hall–Kier alpha value is -2.00. The van der Waals surface area contributed by atoms with Crippen molar-refractivity contribution in [3.8, 4) is 11.5 Å². The maximum atomic E-state index is 5.86. The summed E-state index contributed by atoms with van der Waals surface area (Å²) in [6, 6.07) is 16.6. The fourth-order valence-electron chi connectivity index (χ4n) is 2.89. The molecule has 0 heterocycles. The third-order valence-electron chi connectivity index (χ3n) is 4.56. The Balaban J connectivity index is 1.98. The average molecular weight is 327 g/mol. The molecule has 24 heavy (non-hydrogen) atoms. The van der Waals surface area contributed by atoms with Crippen LogP contribution < -0.4 is 9.47 Å². The van der Waals surface area contributed by atoms with Gasteiger partial charge in [0, 0.05) is 18.0 Å². The number of para-hydroxylation sites is 1. The van der Waals surface area contributed by atoms with E-state index >= 15 is 0 Å². The average Bonchev–Trinajstić information content (AvgIpc) is 2.65. The molecule has 2 aromatic carbocycles. The number of likely N-dealkylation sites (N-methyl/N-ethyl adjacent to an activating group) is 1. The second-order valence-electron chi connectivity index (χ2n) is 5.91. The minimum Gasteiger partial charge on any atom is -0.496 e. The SMILES string of the molecule is CCN(CC)CCOc1ccc(C(C)c2ccccc2OC)cc1. The van der Waals surface area contributed by atoms with Crippen molar-refractivity contribution in [2.45, 2.75) is 26.7 Å². The van der Waals surface area contributed by atoms with E-state index in [0.29, 0.717) is 0 Å². The topological polar surface area (TPSA) is 21.7 Å². The molecule has 0 bridgehead atoms. The van der Waals surface area contributed by atoms with Crippen LogP contribution in [0.15, 0.2) is 48.5 Å². The predicted molar refractivity (Wildman–Crippen MR) is 100 cm³/mol. The maximum absolute atomic E-state index is 5.86. The third kappa shape index (κ3) is 4.75. The highest BCUT2D eigenvalue weighted by molar-refractivity contribution is 5.42. The van der Waals surface area contributed by atoms with Gasteiger partial charge < -0.3 is 14.4 Å².